The van der Waals surface area contributed by atoms with E-state index in [9.17, 15) is 4.79 Å². The van der Waals surface area contributed by atoms with Crippen molar-refractivity contribution < 1.29 is 19.1 Å². The standard InChI is InChI=1S/C18H21NO3.C4H10.C2H4.CH3NO/c1-19-13-16-7-9-17(10-8-16)14-22-18(20)21-12-11-15-5-3-2-4-6-15;1-4(2)3;1-2;2-1-3/h2-10,19H,11-14H2,1H3;4H,1-3H3;1-2H2;1H,(H2,2,3). The fraction of sp³-hybridized carbons (Fsp3) is 0.360. The average molecular weight is 431 g/mol. The van der Waals surface area contributed by atoms with Crippen molar-refractivity contribution in [3.8, 4) is 0 Å². The smallest absolute Gasteiger partial charge is 0.434 e. The Balaban J connectivity index is 0. The van der Waals surface area contributed by atoms with E-state index < -0.39 is 6.16 Å². The van der Waals surface area contributed by atoms with Crippen molar-refractivity contribution in [1.82, 2.24) is 5.32 Å². The summed E-state index contributed by atoms with van der Waals surface area (Å²) in [7, 11) is 1.91. The summed E-state index contributed by atoms with van der Waals surface area (Å²) >= 11 is 0. The number of nitrogens with two attached hydrogens (primary N) is 1. The van der Waals surface area contributed by atoms with Crippen LogP contribution < -0.4 is 11.1 Å². The molecule has 0 aliphatic carbocycles. The predicted octanol–water partition coefficient (Wildman–Crippen LogP) is 4.87. The Morgan fingerprint density at radius 3 is 1.94 bits per heavy atom. The van der Waals surface area contributed by atoms with Gasteiger partial charge in [0.15, 0.2) is 0 Å². The highest BCUT2D eigenvalue weighted by Gasteiger charge is 2.04. The highest BCUT2D eigenvalue weighted by atomic mass is 16.7. The van der Waals surface area contributed by atoms with Gasteiger partial charge in [0.2, 0.25) is 6.41 Å². The van der Waals surface area contributed by atoms with Gasteiger partial charge in [0, 0.05) is 13.0 Å². The van der Waals surface area contributed by atoms with Crippen LogP contribution in [0.5, 0.6) is 0 Å². The van der Waals surface area contributed by atoms with E-state index in [-0.39, 0.29) is 13.0 Å². The molecule has 6 nitrogen and oxygen atoms in total. The van der Waals surface area contributed by atoms with Crippen molar-refractivity contribution in [2.75, 3.05) is 13.7 Å². The summed E-state index contributed by atoms with van der Waals surface area (Å²) in [5.74, 6) is 0.833. The lowest BCUT2D eigenvalue weighted by Gasteiger charge is -2.07. The molecule has 172 valence electrons. The molecule has 0 heterocycles. The van der Waals surface area contributed by atoms with Crippen LogP contribution in [-0.2, 0) is 33.8 Å². The largest absolute Gasteiger partial charge is 0.508 e. The van der Waals surface area contributed by atoms with E-state index in [1.54, 1.807) is 0 Å². The topological polar surface area (TPSA) is 90.7 Å². The van der Waals surface area contributed by atoms with Gasteiger partial charge in [-0.3, -0.25) is 4.79 Å². The second-order valence-corrected chi connectivity index (χ2v) is 6.84. The first-order valence-corrected chi connectivity index (χ1v) is 10.1. The van der Waals surface area contributed by atoms with Crippen molar-refractivity contribution in [1.29, 1.82) is 0 Å². The predicted molar refractivity (Wildman–Crippen MR) is 128 cm³/mol. The molecule has 2 rings (SSSR count). The molecule has 0 atom stereocenters. The number of hydrogen-bond donors (Lipinski definition) is 2. The van der Waals surface area contributed by atoms with Gasteiger partial charge in [-0.2, -0.15) is 0 Å². The van der Waals surface area contributed by atoms with Gasteiger partial charge in [0.25, 0.3) is 0 Å². The Morgan fingerprint density at radius 1 is 0.968 bits per heavy atom. The molecule has 0 saturated heterocycles. The lowest BCUT2D eigenvalue weighted by atomic mass is 10.1. The molecule has 3 N–H and O–H groups in total. The molecule has 0 unspecified atom stereocenters. The van der Waals surface area contributed by atoms with Crippen LogP contribution in [0.3, 0.4) is 0 Å². The van der Waals surface area contributed by atoms with Gasteiger partial charge in [0.05, 0.1) is 6.61 Å². The highest BCUT2D eigenvalue weighted by Crippen LogP contribution is 2.06. The Hall–Kier alpha value is -3.12. The van der Waals surface area contributed by atoms with Gasteiger partial charge < -0.3 is 20.5 Å². The van der Waals surface area contributed by atoms with Gasteiger partial charge in [0.1, 0.15) is 6.61 Å². The molecule has 0 fully saturated rings. The third-order valence-corrected chi connectivity index (χ3v) is 3.21. The van der Waals surface area contributed by atoms with E-state index in [2.05, 4.69) is 45.0 Å². The number of amides is 1. The van der Waals surface area contributed by atoms with E-state index in [1.165, 1.54) is 5.56 Å². The molecule has 1 amide bonds. The second-order valence-electron chi connectivity index (χ2n) is 6.84. The maximum atomic E-state index is 11.5. The fourth-order valence-corrected chi connectivity index (χ4v) is 2.04. The van der Waals surface area contributed by atoms with E-state index in [0.29, 0.717) is 13.0 Å². The van der Waals surface area contributed by atoms with E-state index in [1.807, 2.05) is 61.6 Å². The molecule has 31 heavy (non-hydrogen) atoms. The van der Waals surface area contributed by atoms with Crippen molar-refractivity contribution in [2.45, 2.75) is 40.3 Å². The summed E-state index contributed by atoms with van der Waals surface area (Å²) in [6, 6.07) is 17.8. The van der Waals surface area contributed by atoms with E-state index in [4.69, 9.17) is 14.3 Å². The lowest BCUT2D eigenvalue weighted by molar-refractivity contribution is -0.106. The van der Waals surface area contributed by atoms with Gasteiger partial charge in [-0.15, -0.1) is 13.2 Å². The van der Waals surface area contributed by atoms with Gasteiger partial charge in [-0.1, -0.05) is 75.4 Å². The maximum absolute atomic E-state index is 11.5. The number of primary amides is 1. The fourth-order valence-electron chi connectivity index (χ4n) is 2.04. The molecular weight excluding hydrogens is 392 g/mol. The van der Waals surface area contributed by atoms with Crippen LogP contribution in [0.15, 0.2) is 67.8 Å². The molecule has 0 bridgehead atoms. The Morgan fingerprint density at radius 2 is 1.45 bits per heavy atom. The van der Waals surface area contributed by atoms with E-state index >= 15 is 0 Å². The minimum Gasteiger partial charge on any atom is -0.434 e. The minimum atomic E-state index is -0.629. The first-order valence-electron chi connectivity index (χ1n) is 10.1. The molecule has 0 spiro atoms. The molecule has 0 aromatic heterocycles. The number of ether oxygens (including phenoxy) is 2. The molecule has 2 aromatic carbocycles. The second kappa shape index (κ2) is 21.6. The van der Waals surface area contributed by atoms with Gasteiger partial charge in [-0.05, 0) is 29.7 Å². The van der Waals surface area contributed by atoms with E-state index in [0.717, 1.165) is 23.6 Å². The number of carbonyl (C=O) groups is 2. The van der Waals surface area contributed by atoms with Crippen molar-refractivity contribution in [3.05, 3.63) is 84.4 Å². The van der Waals surface area contributed by atoms with Crippen molar-refractivity contribution in [2.24, 2.45) is 11.7 Å². The van der Waals surface area contributed by atoms with Crippen molar-refractivity contribution in [3.63, 3.8) is 0 Å². The molecule has 6 heteroatoms. The number of hydrogen-bond acceptors (Lipinski definition) is 5. The normalized spacial score (nSPS) is 8.94. The molecule has 2 aromatic rings. The molecule has 0 aliphatic rings. The third-order valence-electron chi connectivity index (χ3n) is 3.21. The van der Waals surface area contributed by atoms with Crippen LogP contribution in [0.1, 0.15) is 37.5 Å². The third kappa shape index (κ3) is 19.9. The summed E-state index contributed by atoms with van der Waals surface area (Å²) < 4.78 is 10.1. The Bertz CT molecular complexity index is 671. The average Bonchev–Trinajstić information content (AvgIpc) is 2.76. The van der Waals surface area contributed by atoms with Crippen LogP contribution >= 0.6 is 0 Å². The summed E-state index contributed by atoms with van der Waals surface area (Å²) in [6.45, 7) is 13.9. The van der Waals surface area contributed by atoms with Gasteiger partial charge >= 0.3 is 6.16 Å². The summed E-state index contributed by atoms with van der Waals surface area (Å²) in [5, 5.41) is 3.08. The van der Waals surface area contributed by atoms with Crippen LogP contribution in [0.25, 0.3) is 0 Å². The Labute approximate surface area is 187 Å². The number of carbonyl (C=O) groups excluding carboxylic acids is 2. The van der Waals surface area contributed by atoms with Gasteiger partial charge in [-0.25, -0.2) is 4.79 Å². The highest BCUT2D eigenvalue weighted by molar-refractivity contribution is 5.59. The zero-order valence-electron chi connectivity index (χ0n) is 19.3. The zero-order valence-corrected chi connectivity index (χ0v) is 19.3. The first-order chi connectivity index (χ1) is 14.9. The first kappa shape index (κ1) is 30.1. The molecule has 0 radical (unpaired) electrons. The molecular formula is C25H38N2O4. The molecule has 0 aliphatic heterocycles. The summed E-state index contributed by atoms with van der Waals surface area (Å²) in [6.07, 6.45) is 0.310. The monoisotopic (exact) mass is 430 g/mol. The van der Waals surface area contributed by atoms with Crippen molar-refractivity contribution >= 4 is 12.6 Å². The summed E-state index contributed by atoms with van der Waals surface area (Å²) in [4.78, 5) is 20.1. The van der Waals surface area contributed by atoms with Crippen LogP contribution in [0.2, 0.25) is 0 Å². The quantitative estimate of drug-likeness (QED) is 0.372. The lowest BCUT2D eigenvalue weighted by Crippen LogP contribution is -2.10. The SMILES string of the molecule is C=C.CC(C)C.CNCc1ccc(COC(=O)OCCc2ccccc2)cc1.NC=O. The summed E-state index contributed by atoms with van der Waals surface area (Å²) in [5.41, 5.74) is 7.44. The number of benzene rings is 2. The van der Waals surface area contributed by atoms with Crippen LogP contribution in [0, 0.1) is 5.92 Å². The zero-order chi connectivity index (χ0) is 23.9. The molecule has 0 saturated carbocycles. The van der Waals surface area contributed by atoms with Crippen LogP contribution in [-0.4, -0.2) is 26.2 Å². The maximum Gasteiger partial charge on any atom is 0.508 e. The number of nitrogens with one attached hydrogen (secondary N) is 1. The number of rotatable bonds is 7. The Kier molecular flexibility index (Phi) is 20.9. The minimum absolute atomic E-state index is 0.226. The van der Waals surface area contributed by atoms with Crippen LogP contribution in [0.4, 0.5) is 4.79 Å².